The number of nitrogens with one attached hydrogen (secondary N) is 4. The number of fused-ring (bicyclic) bond motifs is 1. The van der Waals surface area contributed by atoms with Crippen LogP contribution in [0, 0.1) is 5.92 Å². The van der Waals surface area contributed by atoms with E-state index in [1.807, 2.05) is 93.6 Å². The van der Waals surface area contributed by atoms with Crippen molar-refractivity contribution in [3.05, 3.63) is 114 Å². The number of unbranched alkanes of at least 4 members (excludes halogenated alkanes) is 1. The number of primary amides is 1. The number of benzene rings is 3. The third kappa shape index (κ3) is 13.2. The monoisotopic (exact) mass is 767 g/mol. The van der Waals surface area contributed by atoms with E-state index in [9.17, 15) is 24.0 Å². The van der Waals surface area contributed by atoms with Gasteiger partial charge in [0.25, 0.3) is 11.8 Å². The molecule has 0 fully saturated rings. The van der Waals surface area contributed by atoms with E-state index in [0.29, 0.717) is 18.5 Å². The Labute approximate surface area is 327 Å². The third-order valence-electron chi connectivity index (χ3n) is 9.10. The van der Waals surface area contributed by atoms with Crippen LogP contribution in [0.25, 0.3) is 10.9 Å². The maximum atomic E-state index is 14.3. The molecule has 4 atom stereocenters. The van der Waals surface area contributed by atoms with Gasteiger partial charge in [-0.1, -0.05) is 112 Å². The van der Waals surface area contributed by atoms with Crippen LogP contribution in [0.5, 0.6) is 0 Å². The average molecular weight is 768 g/mol. The number of nitrogens with two attached hydrogens (primary N) is 1. The number of hydrogen-bond donors (Lipinski definition) is 5. The van der Waals surface area contributed by atoms with Crippen LogP contribution in [0.4, 0.5) is 4.79 Å². The summed E-state index contributed by atoms with van der Waals surface area (Å²) in [5.74, 6) is -2.90. The van der Waals surface area contributed by atoms with Crippen molar-refractivity contribution in [2.45, 2.75) is 77.2 Å². The fourth-order valence-corrected chi connectivity index (χ4v) is 6.00. The average Bonchev–Trinajstić information content (AvgIpc) is 3.20. The molecule has 5 amide bonds. The summed E-state index contributed by atoms with van der Waals surface area (Å²) in [6.07, 6.45) is -0.274. The maximum Gasteiger partial charge on any atom is 0.407 e. The summed E-state index contributed by atoms with van der Waals surface area (Å²) >= 11 is 0. The van der Waals surface area contributed by atoms with Crippen molar-refractivity contribution in [1.29, 1.82) is 0 Å². The number of amides is 5. The van der Waals surface area contributed by atoms with Gasteiger partial charge in [-0.05, 0) is 42.0 Å². The Morgan fingerprint density at radius 2 is 1.48 bits per heavy atom. The zero-order chi connectivity index (χ0) is 40.5. The number of carbonyl (C=O) groups excluding carboxylic acids is 5. The van der Waals surface area contributed by atoms with Gasteiger partial charge in [0.2, 0.25) is 11.8 Å². The number of ether oxygens (including phenoxy) is 2. The van der Waals surface area contributed by atoms with Gasteiger partial charge in [0.1, 0.15) is 17.8 Å². The molecule has 14 nitrogen and oxygen atoms in total. The molecule has 0 saturated carbocycles. The second kappa shape index (κ2) is 21.9. The molecule has 0 aliphatic heterocycles. The quantitative estimate of drug-likeness (QED) is 0.0615. The molecule has 298 valence electrons. The van der Waals surface area contributed by atoms with Crippen molar-refractivity contribution >= 4 is 40.6 Å². The Balaban J connectivity index is 1.69. The van der Waals surface area contributed by atoms with E-state index < -0.39 is 60.4 Å². The smallest absolute Gasteiger partial charge is 0.407 e. The van der Waals surface area contributed by atoms with Crippen LogP contribution in [0.1, 0.15) is 61.6 Å². The normalized spacial score (nSPS) is 13.2. The van der Waals surface area contributed by atoms with Crippen molar-refractivity contribution < 1.29 is 33.4 Å². The lowest BCUT2D eigenvalue weighted by molar-refractivity contribution is -0.141. The molecule has 1 heterocycles. The van der Waals surface area contributed by atoms with Crippen LogP contribution in [-0.2, 0) is 36.8 Å². The number of nitrogens with zero attached hydrogens (tertiary/aromatic N) is 2. The third-order valence-corrected chi connectivity index (χ3v) is 9.10. The molecule has 0 aliphatic rings. The number of para-hydroxylation sites is 1. The first-order chi connectivity index (χ1) is 27.0. The molecule has 0 saturated heterocycles. The number of aromatic nitrogens is 1. The van der Waals surface area contributed by atoms with E-state index in [2.05, 4.69) is 26.4 Å². The molecule has 14 heteroatoms. The SMILES string of the molecule is CCCCOC(CN(NCc1ccccc1)C(=O)[C@@H](NC(=O)OC)C(C)C)C(Cc1ccccc1)NC(=O)[C@H](CC(N)=O)NC(=O)c1ccc2ccccc2n1. The second-order valence-corrected chi connectivity index (χ2v) is 13.8. The Kier molecular flexibility index (Phi) is 16.8. The zero-order valence-corrected chi connectivity index (χ0v) is 32.4. The number of hydrazine groups is 1. The summed E-state index contributed by atoms with van der Waals surface area (Å²) in [5, 5.41) is 10.6. The van der Waals surface area contributed by atoms with Gasteiger partial charge >= 0.3 is 6.09 Å². The Hall–Kier alpha value is -5.86. The molecule has 6 N–H and O–H groups in total. The van der Waals surface area contributed by atoms with Gasteiger partial charge < -0.3 is 31.2 Å². The Morgan fingerprint density at radius 1 is 0.821 bits per heavy atom. The highest BCUT2D eigenvalue weighted by Crippen LogP contribution is 2.16. The zero-order valence-electron chi connectivity index (χ0n) is 32.4. The van der Waals surface area contributed by atoms with E-state index in [1.165, 1.54) is 12.1 Å². The van der Waals surface area contributed by atoms with Gasteiger partial charge in [0.15, 0.2) is 0 Å². The van der Waals surface area contributed by atoms with E-state index in [1.54, 1.807) is 24.3 Å². The lowest BCUT2D eigenvalue weighted by Gasteiger charge is -2.36. The van der Waals surface area contributed by atoms with Gasteiger partial charge in [-0.2, -0.15) is 0 Å². The topological polar surface area (TPSA) is 194 Å². The molecule has 3 aromatic carbocycles. The lowest BCUT2D eigenvalue weighted by Crippen LogP contribution is -2.60. The second-order valence-electron chi connectivity index (χ2n) is 13.8. The highest BCUT2D eigenvalue weighted by Gasteiger charge is 2.35. The van der Waals surface area contributed by atoms with Gasteiger partial charge in [-0.25, -0.2) is 15.2 Å². The molecule has 0 radical (unpaired) electrons. The number of carbonyl (C=O) groups is 5. The summed E-state index contributed by atoms with van der Waals surface area (Å²) in [5.41, 5.74) is 11.2. The molecule has 0 aliphatic carbocycles. The van der Waals surface area contributed by atoms with Crippen molar-refractivity contribution in [2.75, 3.05) is 20.3 Å². The fraction of sp³-hybridized carbons (Fsp3) is 0.381. The summed E-state index contributed by atoms with van der Waals surface area (Å²) in [6, 6.07) is 26.4. The van der Waals surface area contributed by atoms with Crippen molar-refractivity contribution in [3.63, 3.8) is 0 Å². The largest absolute Gasteiger partial charge is 0.453 e. The standard InChI is InChI=1S/C42H53N7O7/c1-5-6-23-56-36(27-49(44-26-30-17-11-8-12-18-30)41(53)38(28(2)3)48-42(54)55-4)34(24-29-15-9-7-10-16-29)46-40(52)35(25-37(43)50)47-39(51)33-22-21-31-19-13-14-20-32(31)45-33/h7-22,28,34-36,38,44H,5-6,23-27H2,1-4H3,(H2,43,50)(H,46,52)(H,47,51)(H,48,54)/t34?,35-,36?,38-/m0/s1. The summed E-state index contributed by atoms with van der Waals surface area (Å²) in [7, 11) is 1.23. The van der Waals surface area contributed by atoms with Crippen LogP contribution in [0.15, 0.2) is 97.1 Å². The van der Waals surface area contributed by atoms with E-state index in [-0.39, 0.29) is 31.1 Å². The van der Waals surface area contributed by atoms with Gasteiger partial charge in [-0.15, -0.1) is 0 Å². The van der Waals surface area contributed by atoms with Crippen LogP contribution < -0.4 is 27.1 Å². The van der Waals surface area contributed by atoms with Crippen molar-refractivity contribution in [1.82, 2.24) is 31.4 Å². The number of methoxy groups -OCH3 is 1. The first kappa shape index (κ1) is 42.9. The first-order valence-corrected chi connectivity index (χ1v) is 18.8. The summed E-state index contributed by atoms with van der Waals surface area (Å²) < 4.78 is 11.3. The Bertz CT molecular complexity index is 1890. The molecule has 2 unspecified atom stereocenters. The molecule has 56 heavy (non-hydrogen) atoms. The number of pyridine rings is 1. The minimum absolute atomic E-state index is 0.0616. The molecule has 0 bridgehead atoms. The molecular weight excluding hydrogens is 715 g/mol. The maximum absolute atomic E-state index is 14.3. The predicted molar refractivity (Wildman–Crippen MR) is 213 cm³/mol. The van der Waals surface area contributed by atoms with Crippen molar-refractivity contribution in [3.8, 4) is 0 Å². The van der Waals surface area contributed by atoms with Crippen LogP contribution >= 0.6 is 0 Å². The summed E-state index contributed by atoms with van der Waals surface area (Å²) in [4.78, 5) is 71.1. The predicted octanol–water partition coefficient (Wildman–Crippen LogP) is 4.04. The highest BCUT2D eigenvalue weighted by atomic mass is 16.5. The minimum atomic E-state index is -1.36. The molecular formula is C42H53N7O7. The first-order valence-electron chi connectivity index (χ1n) is 18.8. The molecule has 0 spiro atoms. The number of hydrogen-bond acceptors (Lipinski definition) is 9. The van der Waals surface area contributed by atoms with E-state index in [0.717, 1.165) is 22.9 Å². The van der Waals surface area contributed by atoms with Gasteiger partial charge in [0, 0.05) is 18.5 Å². The van der Waals surface area contributed by atoms with Gasteiger partial charge in [-0.3, -0.25) is 24.2 Å². The van der Waals surface area contributed by atoms with Crippen LogP contribution in [0.3, 0.4) is 0 Å². The van der Waals surface area contributed by atoms with E-state index in [4.69, 9.17) is 15.2 Å². The van der Waals surface area contributed by atoms with Gasteiger partial charge in [0.05, 0.1) is 37.7 Å². The number of alkyl carbamates (subject to hydrolysis) is 1. The van der Waals surface area contributed by atoms with Crippen LogP contribution in [0.2, 0.25) is 0 Å². The number of rotatable bonds is 21. The summed E-state index contributed by atoms with van der Waals surface area (Å²) in [6.45, 7) is 6.15. The van der Waals surface area contributed by atoms with Crippen molar-refractivity contribution in [2.24, 2.45) is 11.7 Å². The molecule has 4 rings (SSSR count). The molecule has 4 aromatic rings. The lowest BCUT2D eigenvalue weighted by atomic mass is 9.99. The molecule has 1 aromatic heterocycles. The van der Waals surface area contributed by atoms with E-state index >= 15 is 0 Å². The fourth-order valence-electron chi connectivity index (χ4n) is 6.00. The highest BCUT2D eigenvalue weighted by molar-refractivity contribution is 5.99. The van der Waals surface area contributed by atoms with Crippen LogP contribution in [-0.4, -0.2) is 84.2 Å². The Morgan fingerprint density at radius 3 is 2.12 bits per heavy atom. The minimum Gasteiger partial charge on any atom is -0.453 e.